The van der Waals surface area contributed by atoms with E-state index in [4.69, 9.17) is 4.43 Å². The Labute approximate surface area is 240 Å². The van der Waals surface area contributed by atoms with Crippen LogP contribution in [0, 0.1) is 5.92 Å². The molecule has 1 heterocycles. The highest BCUT2D eigenvalue weighted by molar-refractivity contribution is 7.90. The molecule has 0 N–H and O–H groups in total. The number of rotatable bonds is 10. The summed E-state index contributed by atoms with van der Waals surface area (Å²) in [6.45, 7) is 13.2. The van der Waals surface area contributed by atoms with Crippen LogP contribution in [-0.4, -0.2) is 33.3 Å². The van der Waals surface area contributed by atoms with Crippen molar-refractivity contribution < 1.29 is 17.6 Å². The molecule has 40 heavy (non-hydrogen) atoms. The summed E-state index contributed by atoms with van der Waals surface area (Å²) in [5.74, 6) is -0.108. The number of benzene rings is 3. The average Bonchev–Trinajstić information content (AvgIpc) is 3.25. The van der Waals surface area contributed by atoms with Gasteiger partial charge < -0.3 is 8.99 Å². The van der Waals surface area contributed by atoms with E-state index in [1.807, 2.05) is 66.9 Å². The predicted octanol–water partition coefficient (Wildman–Crippen LogP) is 6.37. The normalized spacial score (nSPS) is 12.8. The zero-order valence-electron chi connectivity index (χ0n) is 24.7. The number of hydrogen-bond donors (Lipinski definition) is 0. The highest BCUT2D eigenvalue weighted by Crippen LogP contribution is 2.38. The molecule has 4 rings (SSSR count). The van der Waals surface area contributed by atoms with E-state index in [1.54, 1.807) is 6.07 Å². The van der Waals surface area contributed by atoms with Crippen molar-refractivity contribution in [2.24, 2.45) is 5.92 Å². The Kier molecular flexibility index (Phi) is 8.59. The highest BCUT2D eigenvalue weighted by Gasteiger charge is 2.50. The van der Waals surface area contributed by atoms with E-state index in [2.05, 4.69) is 52.0 Å². The molecule has 0 amide bonds. The number of nitrogens with zero attached hydrogens (tertiary/aromatic N) is 1. The minimum Gasteiger partial charge on any atom is -0.403 e. The largest absolute Gasteiger partial charge is 0.403 e. The number of hydrogen-bond acceptors (Lipinski definition) is 4. The number of Topliss-reactive ketones (excluding diaryl/α,β-unsaturated/α-hetero) is 1. The molecule has 1 aromatic heterocycles. The van der Waals surface area contributed by atoms with E-state index in [-0.39, 0.29) is 28.2 Å². The monoisotopic (exact) mass is 575 g/mol. The first-order chi connectivity index (χ1) is 18.8. The number of aryl methyl sites for hydroxylation is 1. The maximum Gasteiger partial charge on any atom is 0.261 e. The van der Waals surface area contributed by atoms with E-state index < -0.39 is 18.2 Å². The van der Waals surface area contributed by atoms with Gasteiger partial charge in [-0.15, -0.1) is 0 Å². The van der Waals surface area contributed by atoms with Gasteiger partial charge in [0.15, 0.2) is 15.6 Å². The molecule has 0 spiro atoms. The Hall–Kier alpha value is -3.00. The number of carbonyl (C=O) groups is 1. The van der Waals surface area contributed by atoms with Crippen LogP contribution in [0.2, 0.25) is 5.04 Å². The van der Waals surface area contributed by atoms with Gasteiger partial charge in [0.1, 0.15) is 0 Å². The third-order valence-electron chi connectivity index (χ3n) is 7.57. The van der Waals surface area contributed by atoms with Gasteiger partial charge in [-0.05, 0) is 45.6 Å². The van der Waals surface area contributed by atoms with Crippen LogP contribution >= 0.6 is 0 Å². The lowest BCUT2D eigenvalue weighted by atomic mass is 10.1. The fraction of sp³-hybridized carbons (Fsp3) is 0.364. The second-order valence-corrected chi connectivity index (χ2v) is 18.2. The molecule has 5 nitrogen and oxygen atoms in total. The van der Waals surface area contributed by atoms with Crippen molar-refractivity contribution in [2.45, 2.75) is 71.0 Å². The lowest BCUT2D eigenvalue weighted by molar-refractivity contribution is 0.0930. The molecule has 0 bridgehead atoms. The van der Waals surface area contributed by atoms with Crippen LogP contribution in [0.5, 0.6) is 0 Å². The van der Waals surface area contributed by atoms with Gasteiger partial charge in [-0.3, -0.25) is 4.79 Å². The summed E-state index contributed by atoms with van der Waals surface area (Å²) in [6, 6.07) is 26.2. The van der Waals surface area contributed by atoms with Gasteiger partial charge in [-0.2, -0.15) is 0 Å². The van der Waals surface area contributed by atoms with Crippen molar-refractivity contribution in [3.8, 4) is 0 Å². The molecular weight excluding hydrogens is 535 g/mol. The zero-order chi connectivity index (χ0) is 29.3. The van der Waals surface area contributed by atoms with Crippen LogP contribution < -0.4 is 10.4 Å². The fourth-order valence-corrected chi connectivity index (χ4v) is 11.2. The van der Waals surface area contributed by atoms with Gasteiger partial charge in [0, 0.05) is 29.6 Å². The zero-order valence-corrected chi connectivity index (χ0v) is 26.5. The third kappa shape index (κ3) is 5.60. The Morgan fingerprint density at radius 2 is 1.48 bits per heavy atom. The van der Waals surface area contributed by atoms with Gasteiger partial charge in [0.2, 0.25) is 0 Å². The molecule has 0 aliphatic carbocycles. The van der Waals surface area contributed by atoms with Crippen LogP contribution in [0.3, 0.4) is 0 Å². The number of carbonyl (C=O) groups excluding carboxylic acids is 1. The molecule has 4 aromatic rings. The summed E-state index contributed by atoms with van der Waals surface area (Å²) < 4.78 is 35.4. The molecule has 0 aliphatic rings. The summed E-state index contributed by atoms with van der Waals surface area (Å²) in [6.07, 6.45) is 2.07. The highest BCUT2D eigenvalue weighted by atomic mass is 32.2. The Bertz CT molecular complexity index is 1560. The molecule has 0 fully saturated rings. The summed E-state index contributed by atoms with van der Waals surface area (Å²) in [4.78, 5) is 13.3. The molecule has 7 heteroatoms. The molecule has 3 aromatic carbocycles. The summed E-state index contributed by atoms with van der Waals surface area (Å²) in [5, 5.41) is 2.88. The number of aromatic nitrogens is 1. The topological polar surface area (TPSA) is 65.4 Å². The molecule has 0 radical (unpaired) electrons. The summed E-state index contributed by atoms with van der Waals surface area (Å²) >= 11 is 0. The van der Waals surface area contributed by atoms with Crippen molar-refractivity contribution in [2.75, 3.05) is 6.26 Å². The Morgan fingerprint density at radius 1 is 0.925 bits per heavy atom. The molecule has 212 valence electrons. The van der Waals surface area contributed by atoms with Gasteiger partial charge >= 0.3 is 0 Å². The molecule has 0 saturated heterocycles. The van der Waals surface area contributed by atoms with Crippen LogP contribution in [-0.2, 0) is 27.4 Å². The average molecular weight is 576 g/mol. The van der Waals surface area contributed by atoms with Crippen LogP contribution in [0.4, 0.5) is 0 Å². The minimum absolute atomic E-state index is 0.0515. The molecule has 0 saturated carbocycles. The van der Waals surface area contributed by atoms with E-state index >= 15 is 0 Å². The van der Waals surface area contributed by atoms with Crippen molar-refractivity contribution in [3.05, 3.63) is 90.1 Å². The van der Waals surface area contributed by atoms with Crippen LogP contribution in [0.1, 0.15) is 64.0 Å². The molecule has 0 unspecified atom stereocenters. The van der Waals surface area contributed by atoms with Gasteiger partial charge in [0.05, 0.1) is 17.2 Å². The lowest BCUT2D eigenvalue weighted by Gasteiger charge is -2.43. The summed E-state index contributed by atoms with van der Waals surface area (Å²) in [5.41, 5.74) is 2.00. The van der Waals surface area contributed by atoms with Crippen molar-refractivity contribution >= 4 is 45.2 Å². The van der Waals surface area contributed by atoms with Crippen molar-refractivity contribution in [1.29, 1.82) is 0 Å². The second-order valence-electron chi connectivity index (χ2n) is 11.9. The summed E-state index contributed by atoms with van der Waals surface area (Å²) in [7, 11) is -6.47. The number of sulfone groups is 1. The van der Waals surface area contributed by atoms with Crippen molar-refractivity contribution in [3.63, 3.8) is 0 Å². The SMILES string of the molecule is CCCn1c(C(=O)C(C)C)cc2cc(CO[Si](c3ccccc3)(c3ccccc3)C(C)(C)C)c(S(C)(=O)=O)cc21. The fourth-order valence-electron chi connectivity index (χ4n) is 5.71. The van der Waals surface area contributed by atoms with Crippen LogP contribution in [0.25, 0.3) is 10.9 Å². The minimum atomic E-state index is -3.58. The lowest BCUT2D eigenvalue weighted by Crippen LogP contribution is -2.66. The van der Waals surface area contributed by atoms with E-state index in [9.17, 15) is 13.2 Å². The second kappa shape index (κ2) is 11.5. The molecular formula is C33H41NO4SSi. The van der Waals surface area contributed by atoms with E-state index in [0.29, 0.717) is 17.8 Å². The Morgan fingerprint density at radius 3 is 1.93 bits per heavy atom. The first kappa shape index (κ1) is 30.0. The smallest absolute Gasteiger partial charge is 0.261 e. The third-order valence-corrected chi connectivity index (χ3v) is 13.7. The maximum atomic E-state index is 13.2. The molecule has 0 atom stereocenters. The van der Waals surface area contributed by atoms with E-state index in [0.717, 1.165) is 27.7 Å². The van der Waals surface area contributed by atoms with Gasteiger partial charge in [-0.25, -0.2) is 8.42 Å². The first-order valence-electron chi connectivity index (χ1n) is 14.0. The maximum absolute atomic E-state index is 13.2. The quantitative estimate of drug-likeness (QED) is 0.163. The van der Waals surface area contributed by atoms with Gasteiger partial charge in [-0.1, -0.05) is 102 Å². The van der Waals surface area contributed by atoms with E-state index in [1.165, 1.54) is 6.26 Å². The first-order valence-corrected chi connectivity index (χ1v) is 17.8. The number of fused-ring (bicyclic) bond motifs is 1. The number of ketones is 1. The predicted molar refractivity (Wildman–Crippen MR) is 167 cm³/mol. The van der Waals surface area contributed by atoms with Crippen molar-refractivity contribution in [1.82, 2.24) is 4.57 Å². The van der Waals surface area contributed by atoms with Crippen LogP contribution in [0.15, 0.2) is 83.8 Å². The standard InChI is InChI=1S/C33H41NO4SSi/c1-8-19-34-29-22-31(39(7,36)37)26(20-25(29)21-30(34)32(35)24(2)3)23-38-40(33(4,5)6,27-15-11-9-12-16-27)28-17-13-10-14-18-28/h9-18,20-22,24H,8,19,23H2,1-7H3. The Balaban J connectivity index is 1.93. The van der Waals surface area contributed by atoms with Gasteiger partial charge in [0.25, 0.3) is 8.32 Å². The molecule has 0 aliphatic heterocycles.